The molecule has 1 aliphatic rings. The van der Waals surface area contributed by atoms with E-state index in [0.717, 1.165) is 0 Å². The lowest BCUT2D eigenvalue weighted by molar-refractivity contribution is -0.449. The Labute approximate surface area is 95.9 Å². The summed E-state index contributed by atoms with van der Waals surface area (Å²) in [6.45, 7) is 0. The predicted octanol–water partition coefficient (Wildman–Crippen LogP) is 3.49. The molecule has 19 heavy (non-hydrogen) atoms. The van der Waals surface area contributed by atoms with E-state index >= 15 is 0 Å². The molecule has 0 aliphatic carbocycles. The molecule has 112 valence electrons. The summed E-state index contributed by atoms with van der Waals surface area (Å²) >= 11 is 0. The topological polar surface area (TPSA) is 27.7 Å². The van der Waals surface area contributed by atoms with Crippen LogP contribution in [-0.4, -0.2) is 24.5 Å². The number of hydrogen-bond donors (Lipinski definition) is 0. The number of halogens is 10. The molecule has 1 rings (SSSR count). The number of rotatable bonds is 1. The van der Waals surface area contributed by atoms with Gasteiger partial charge in [-0.05, 0) is 0 Å². The second kappa shape index (κ2) is 3.96. The summed E-state index contributed by atoms with van der Waals surface area (Å²) in [4.78, 5) is 0. The molecule has 3 nitrogen and oxygen atoms in total. The standard InChI is InChI=1S/C6F10O3/c7-1-2(19-6(14,15)16)18-3(17-1,4(8,9)10)5(11,12)13. The van der Waals surface area contributed by atoms with E-state index in [-0.39, 0.29) is 0 Å². The van der Waals surface area contributed by atoms with Crippen molar-refractivity contribution in [2.24, 2.45) is 0 Å². The Bertz CT molecular complexity index is 374. The zero-order valence-electron chi connectivity index (χ0n) is 8.00. The fourth-order valence-electron chi connectivity index (χ4n) is 0.918. The van der Waals surface area contributed by atoms with Crippen LogP contribution in [0.2, 0.25) is 0 Å². The second-order valence-electron chi connectivity index (χ2n) is 2.93. The van der Waals surface area contributed by atoms with Crippen molar-refractivity contribution in [3.63, 3.8) is 0 Å². The maximum absolute atomic E-state index is 12.6. The zero-order chi connectivity index (χ0) is 15.3. The lowest BCUT2D eigenvalue weighted by Crippen LogP contribution is -2.58. The first-order valence-corrected chi connectivity index (χ1v) is 3.86. The molecule has 0 bridgehead atoms. The molecule has 0 saturated carbocycles. The number of hydrogen-bond acceptors (Lipinski definition) is 3. The Kier molecular flexibility index (Phi) is 3.23. The van der Waals surface area contributed by atoms with E-state index in [9.17, 15) is 43.9 Å². The van der Waals surface area contributed by atoms with E-state index in [4.69, 9.17) is 0 Å². The largest absolute Gasteiger partial charge is 0.575 e. The van der Waals surface area contributed by atoms with Gasteiger partial charge in [-0.3, -0.25) is 0 Å². The highest BCUT2D eigenvalue weighted by atomic mass is 19.4. The highest BCUT2D eigenvalue weighted by molar-refractivity contribution is 5.03. The lowest BCUT2D eigenvalue weighted by atomic mass is 10.2. The maximum Gasteiger partial charge on any atom is 0.575 e. The van der Waals surface area contributed by atoms with Crippen LogP contribution in [0.4, 0.5) is 43.9 Å². The van der Waals surface area contributed by atoms with E-state index in [0.29, 0.717) is 0 Å². The van der Waals surface area contributed by atoms with E-state index in [2.05, 4.69) is 14.2 Å². The molecule has 0 fully saturated rings. The monoisotopic (exact) mass is 310 g/mol. The summed E-state index contributed by atoms with van der Waals surface area (Å²) in [7, 11) is 0. The van der Waals surface area contributed by atoms with Crippen molar-refractivity contribution in [2.75, 3.05) is 0 Å². The first kappa shape index (κ1) is 15.5. The van der Waals surface area contributed by atoms with Gasteiger partial charge in [0.15, 0.2) is 0 Å². The lowest BCUT2D eigenvalue weighted by Gasteiger charge is -2.30. The molecule has 0 aromatic heterocycles. The minimum Gasteiger partial charge on any atom is -0.407 e. The third-order valence-electron chi connectivity index (χ3n) is 1.59. The molecule has 0 radical (unpaired) electrons. The minimum absolute atomic E-state index is 2.51. The van der Waals surface area contributed by atoms with Crippen molar-refractivity contribution >= 4 is 0 Å². The Morgan fingerprint density at radius 3 is 1.47 bits per heavy atom. The van der Waals surface area contributed by atoms with Crippen LogP contribution in [0, 0.1) is 0 Å². The molecule has 0 unspecified atom stereocenters. The average molecular weight is 310 g/mol. The quantitative estimate of drug-likeness (QED) is 0.694. The molecular formula is C6F10O3. The first-order chi connectivity index (χ1) is 8.20. The van der Waals surface area contributed by atoms with Crippen molar-refractivity contribution in [2.45, 2.75) is 24.5 Å². The summed E-state index contributed by atoms with van der Waals surface area (Å²) in [6.07, 6.45) is -18.6. The van der Waals surface area contributed by atoms with Gasteiger partial charge in [0.1, 0.15) is 0 Å². The SMILES string of the molecule is FC1=C(OC(F)(F)F)OC(C(F)(F)F)(C(F)(F)F)O1. The maximum atomic E-state index is 12.6. The van der Waals surface area contributed by atoms with Crippen LogP contribution < -0.4 is 0 Å². The number of ether oxygens (including phenoxy) is 3. The predicted molar refractivity (Wildman–Crippen MR) is 32.3 cm³/mol. The highest BCUT2D eigenvalue weighted by Crippen LogP contribution is 2.53. The van der Waals surface area contributed by atoms with Gasteiger partial charge in [0.25, 0.3) is 0 Å². The van der Waals surface area contributed by atoms with Crippen LogP contribution in [0.3, 0.4) is 0 Å². The third-order valence-corrected chi connectivity index (χ3v) is 1.59. The van der Waals surface area contributed by atoms with Gasteiger partial charge in [-0.1, -0.05) is 0 Å². The summed E-state index contributed by atoms with van der Waals surface area (Å²) in [5.74, 6) is -8.31. The summed E-state index contributed by atoms with van der Waals surface area (Å²) < 4.78 is 129. The fourth-order valence-corrected chi connectivity index (χ4v) is 0.918. The summed E-state index contributed by atoms with van der Waals surface area (Å²) in [5, 5.41) is 0. The molecule has 0 saturated heterocycles. The molecule has 0 atom stereocenters. The smallest absolute Gasteiger partial charge is 0.407 e. The van der Waals surface area contributed by atoms with E-state index in [1.54, 1.807) is 0 Å². The van der Waals surface area contributed by atoms with Crippen LogP contribution in [0.25, 0.3) is 0 Å². The Hall–Kier alpha value is -1.56. The van der Waals surface area contributed by atoms with E-state index < -0.39 is 36.5 Å². The first-order valence-electron chi connectivity index (χ1n) is 3.86. The minimum atomic E-state index is -6.40. The molecule has 0 amide bonds. The molecule has 0 spiro atoms. The Balaban J connectivity index is 3.13. The van der Waals surface area contributed by atoms with Crippen molar-refractivity contribution in [3.8, 4) is 0 Å². The molecule has 0 aromatic carbocycles. The Morgan fingerprint density at radius 2 is 1.21 bits per heavy atom. The van der Waals surface area contributed by atoms with Gasteiger partial charge in [-0.25, -0.2) is 0 Å². The van der Waals surface area contributed by atoms with Crippen molar-refractivity contribution in [3.05, 3.63) is 12.0 Å². The number of alkyl halides is 9. The van der Waals surface area contributed by atoms with Gasteiger partial charge in [-0.2, -0.15) is 30.7 Å². The van der Waals surface area contributed by atoms with Crippen LogP contribution in [0.1, 0.15) is 0 Å². The fraction of sp³-hybridized carbons (Fsp3) is 0.667. The molecule has 13 heteroatoms. The highest BCUT2D eigenvalue weighted by Gasteiger charge is 2.81. The van der Waals surface area contributed by atoms with Crippen LogP contribution in [0.15, 0.2) is 12.0 Å². The molecule has 1 heterocycles. The van der Waals surface area contributed by atoms with Crippen LogP contribution in [0.5, 0.6) is 0 Å². The van der Waals surface area contributed by atoms with Gasteiger partial charge in [0, 0.05) is 0 Å². The average Bonchev–Trinajstić information content (AvgIpc) is 2.39. The summed E-state index contributed by atoms with van der Waals surface area (Å²) in [6, 6.07) is -2.94. The molecule has 0 aromatic rings. The van der Waals surface area contributed by atoms with Gasteiger partial charge in [0.05, 0.1) is 0 Å². The zero-order valence-corrected chi connectivity index (χ0v) is 8.00. The van der Waals surface area contributed by atoms with Crippen LogP contribution >= 0.6 is 0 Å². The van der Waals surface area contributed by atoms with Crippen molar-refractivity contribution in [1.29, 1.82) is 0 Å². The third kappa shape index (κ3) is 2.73. The van der Waals surface area contributed by atoms with Crippen molar-refractivity contribution in [1.82, 2.24) is 0 Å². The van der Waals surface area contributed by atoms with Gasteiger partial charge in [0.2, 0.25) is 0 Å². The van der Waals surface area contributed by atoms with E-state index in [1.165, 1.54) is 0 Å². The molecular weight excluding hydrogens is 310 g/mol. The van der Waals surface area contributed by atoms with Gasteiger partial charge >= 0.3 is 36.5 Å². The second-order valence-corrected chi connectivity index (χ2v) is 2.93. The summed E-state index contributed by atoms with van der Waals surface area (Å²) in [5.41, 5.74) is 0. The van der Waals surface area contributed by atoms with Crippen LogP contribution in [-0.2, 0) is 14.2 Å². The van der Waals surface area contributed by atoms with Gasteiger partial charge in [-0.15, -0.1) is 13.2 Å². The Morgan fingerprint density at radius 1 is 0.789 bits per heavy atom. The molecule has 0 N–H and O–H groups in total. The molecule has 1 aliphatic heterocycles. The normalized spacial score (nSPS) is 20.1. The van der Waals surface area contributed by atoms with E-state index in [1.807, 2.05) is 0 Å². The van der Waals surface area contributed by atoms with Crippen molar-refractivity contribution < 1.29 is 58.1 Å². The van der Waals surface area contributed by atoms with Gasteiger partial charge < -0.3 is 14.2 Å².